The van der Waals surface area contributed by atoms with Crippen LogP contribution in [-0.4, -0.2) is 48.0 Å². The van der Waals surface area contributed by atoms with Crippen molar-refractivity contribution in [1.29, 1.82) is 0 Å². The molecule has 0 unspecified atom stereocenters. The van der Waals surface area contributed by atoms with Crippen LogP contribution in [0.1, 0.15) is 19.7 Å². The summed E-state index contributed by atoms with van der Waals surface area (Å²) >= 11 is 0. The van der Waals surface area contributed by atoms with Gasteiger partial charge in [-0.05, 0) is 39.0 Å². The Labute approximate surface area is 160 Å². The SMILES string of the molecule is Cc1nc2ccc(-c3ccn4nc(NCC(C)(C)F)ncc34)nc2n1CCF. The highest BCUT2D eigenvalue weighted by atomic mass is 19.1. The van der Waals surface area contributed by atoms with Crippen LogP contribution in [0.3, 0.4) is 0 Å². The first-order valence-corrected chi connectivity index (χ1v) is 9.03. The van der Waals surface area contributed by atoms with E-state index >= 15 is 0 Å². The summed E-state index contributed by atoms with van der Waals surface area (Å²) in [6.45, 7) is 4.67. The molecule has 0 aliphatic carbocycles. The molecule has 7 nitrogen and oxygen atoms in total. The van der Waals surface area contributed by atoms with Crippen LogP contribution in [-0.2, 0) is 6.54 Å². The molecule has 0 aliphatic rings. The van der Waals surface area contributed by atoms with E-state index in [1.807, 2.05) is 25.1 Å². The van der Waals surface area contributed by atoms with Gasteiger partial charge in [-0.1, -0.05) is 0 Å². The van der Waals surface area contributed by atoms with Crippen molar-refractivity contribution in [2.24, 2.45) is 0 Å². The van der Waals surface area contributed by atoms with E-state index in [9.17, 15) is 8.78 Å². The molecule has 146 valence electrons. The maximum Gasteiger partial charge on any atom is 0.241 e. The van der Waals surface area contributed by atoms with Crippen molar-refractivity contribution in [3.63, 3.8) is 0 Å². The summed E-state index contributed by atoms with van der Waals surface area (Å²) in [4.78, 5) is 13.4. The van der Waals surface area contributed by atoms with Gasteiger partial charge in [-0.2, -0.15) is 0 Å². The van der Waals surface area contributed by atoms with Gasteiger partial charge in [0.1, 0.15) is 23.7 Å². The molecule has 4 rings (SSSR count). The van der Waals surface area contributed by atoms with E-state index in [1.54, 1.807) is 21.5 Å². The third-order valence-corrected chi connectivity index (χ3v) is 4.45. The summed E-state index contributed by atoms with van der Waals surface area (Å²) in [6, 6.07) is 5.65. The number of aromatic nitrogens is 6. The summed E-state index contributed by atoms with van der Waals surface area (Å²) in [7, 11) is 0. The Morgan fingerprint density at radius 3 is 2.75 bits per heavy atom. The second kappa shape index (κ2) is 6.81. The highest BCUT2D eigenvalue weighted by Crippen LogP contribution is 2.26. The van der Waals surface area contributed by atoms with E-state index in [1.165, 1.54) is 13.8 Å². The van der Waals surface area contributed by atoms with Gasteiger partial charge < -0.3 is 9.88 Å². The number of halogens is 2. The minimum atomic E-state index is -1.36. The van der Waals surface area contributed by atoms with Gasteiger partial charge in [-0.3, -0.25) is 0 Å². The number of fused-ring (bicyclic) bond motifs is 2. The second-order valence-electron chi connectivity index (χ2n) is 7.25. The molecule has 4 aromatic heterocycles. The molecule has 0 aromatic carbocycles. The standard InChI is InChI=1S/C19H21F2N7/c1-12-24-15-5-4-14(25-17(15)27(12)9-7-20)13-6-8-28-16(13)10-22-18(26-28)23-11-19(2,3)21/h4-6,8,10H,7,9,11H2,1-3H3,(H,23,26). The van der Waals surface area contributed by atoms with E-state index in [0.717, 1.165) is 28.1 Å². The number of aryl methyl sites for hydroxylation is 2. The number of alkyl halides is 2. The lowest BCUT2D eigenvalue weighted by molar-refractivity contribution is 0.234. The predicted molar refractivity (Wildman–Crippen MR) is 104 cm³/mol. The number of hydrogen-bond acceptors (Lipinski definition) is 5. The first-order valence-electron chi connectivity index (χ1n) is 9.03. The zero-order valence-electron chi connectivity index (χ0n) is 15.9. The number of pyridine rings is 1. The Hall–Kier alpha value is -3.10. The predicted octanol–water partition coefficient (Wildman–Crippen LogP) is 3.58. The van der Waals surface area contributed by atoms with Crippen molar-refractivity contribution in [3.8, 4) is 11.3 Å². The fourth-order valence-electron chi connectivity index (χ4n) is 3.10. The fraction of sp³-hybridized carbons (Fsp3) is 0.368. The lowest BCUT2D eigenvalue weighted by Crippen LogP contribution is -2.25. The Balaban J connectivity index is 1.72. The number of hydrogen-bond donors (Lipinski definition) is 1. The summed E-state index contributed by atoms with van der Waals surface area (Å²) in [5.41, 5.74) is 2.37. The Morgan fingerprint density at radius 1 is 1.18 bits per heavy atom. The molecule has 4 heterocycles. The minimum absolute atomic E-state index is 0.114. The van der Waals surface area contributed by atoms with Crippen molar-refractivity contribution in [2.45, 2.75) is 33.0 Å². The molecule has 1 N–H and O–H groups in total. The van der Waals surface area contributed by atoms with E-state index < -0.39 is 12.3 Å². The van der Waals surface area contributed by atoms with Gasteiger partial charge in [0.05, 0.1) is 30.5 Å². The molecule has 0 amide bonds. The van der Waals surface area contributed by atoms with Crippen LogP contribution in [0.2, 0.25) is 0 Å². The van der Waals surface area contributed by atoms with Crippen LogP contribution in [0.5, 0.6) is 0 Å². The molecule has 9 heteroatoms. The molecule has 0 saturated heterocycles. The number of anilines is 1. The van der Waals surface area contributed by atoms with Crippen LogP contribution >= 0.6 is 0 Å². The van der Waals surface area contributed by atoms with Gasteiger partial charge in [-0.25, -0.2) is 28.2 Å². The van der Waals surface area contributed by atoms with Gasteiger partial charge in [0, 0.05) is 11.8 Å². The molecular weight excluding hydrogens is 364 g/mol. The maximum atomic E-state index is 13.7. The van der Waals surface area contributed by atoms with Crippen LogP contribution in [0.15, 0.2) is 30.6 Å². The normalized spacial score (nSPS) is 12.2. The number of imidazole rings is 1. The van der Waals surface area contributed by atoms with E-state index in [2.05, 4.69) is 20.4 Å². The van der Waals surface area contributed by atoms with Crippen molar-refractivity contribution >= 4 is 22.6 Å². The molecular formula is C19H21F2N7. The van der Waals surface area contributed by atoms with Gasteiger partial charge in [0.25, 0.3) is 0 Å². The fourth-order valence-corrected chi connectivity index (χ4v) is 3.10. The summed E-state index contributed by atoms with van der Waals surface area (Å²) in [5.74, 6) is 1.08. The van der Waals surface area contributed by atoms with Crippen LogP contribution in [0, 0.1) is 6.92 Å². The quantitative estimate of drug-likeness (QED) is 0.549. The molecule has 0 atom stereocenters. The van der Waals surface area contributed by atoms with Gasteiger partial charge in [-0.15, -0.1) is 5.10 Å². The van der Waals surface area contributed by atoms with Crippen LogP contribution in [0.4, 0.5) is 14.7 Å². The Morgan fingerprint density at radius 2 is 2.00 bits per heavy atom. The van der Waals surface area contributed by atoms with Crippen molar-refractivity contribution < 1.29 is 8.78 Å². The minimum Gasteiger partial charge on any atom is -0.350 e. The molecule has 0 bridgehead atoms. The zero-order valence-corrected chi connectivity index (χ0v) is 15.9. The van der Waals surface area contributed by atoms with E-state index in [4.69, 9.17) is 4.98 Å². The molecule has 0 fully saturated rings. The van der Waals surface area contributed by atoms with Gasteiger partial charge in [0.15, 0.2) is 5.65 Å². The molecule has 28 heavy (non-hydrogen) atoms. The monoisotopic (exact) mass is 385 g/mol. The van der Waals surface area contributed by atoms with Crippen molar-refractivity contribution in [2.75, 3.05) is 18.5 Å². The van der Waals surface area contributed by atoms with Gasteiger partial charge in [0.2, 0.25) is 5.95 Å². The lowest BCUT2D eigenvalue weighted by Gasteiger charge is -2.14. The molecule has 0 saturated carbocycles. The Bertz CT molecular complexity index is 1140. The average Bonchev–Trinajstić information content (AvgIpc) is 3.20. The summed E-state index contributed by atoms with van der Waals surface area (Å²) in [5, 5.41) is 7.26. The van der Waals surface area contributed by atoms with E-state index in [-0.39, 0.29) is 13.1 Å². The number of nitrogens with zero attached hydrogens (tertiary/aromatic N) is 6. The third kappa shape index (κ3) is 3.39. The second-order valence-corrected chi connectivity index (χ2v) is 7.25. The summed E-state index contributed by atoms with van der Waals surface area (Å²) < 4.78 is 30.0. The smallest absolute Gasteiger partial charge is 0.241 e. The van der Waals surface area contributed by atoms with Crippen LogP contribution in [0.25, 0.3) is 27.9 Å². The molecule has 0 aliphatic heterocycles. The topological polar surface area (TPSA) is 72.9 Å². The Kier molecular flexibility index (Phi) is 4.44. The molecule has 0 spiro atoms. The van der Waals surface area contributed by atoms with E-state index in [0.29, 0.717) is 11.6 Å². The number of rotatable bonds is 6. The third-order valence-electron chi connectivity index (χ3n) is 4.45. The van der Waals surface area contributed by atoms with Crippen LogP contribution < -0.4 is 5.32 Å². The van der Waals surface area contributed by atoms with Crippen molar-refractivity contribution in [3.05, 3.63) is 36.4 Å². The molecule has 0 radical (unpaired) electrons. The highest BCUT2D eigenvalue weighted by molar-refractivity contribution is 5.82. The average molecular weight is 385 g/mol. The molecule has 4 aromatic rings. The van der Waals surface area contributed by atoms with Gasteiger partial charge >= 0.3 is 0 Å². The largest absolute Gasteiger partial charge is 0.350 e. The first kappa shape index (κ1) is 18.3. The lowest BCUT2D eigenvalue weighted by atomic mass is 10.2. The summed E-state index contributed by atoms with van der Waals surface area (Å²) in [6.07, 6.45) is 3.47. The zero-order chi connectivity index (χ0) is 19.9. The highest BCUT2D eigenvalue weighted by Gasteiger charge is 2.17. The van der Waals surface area contributed by atoms with Crippen molar-refractivity contribution in [1.82, 2.24) is 29.1 Å². The maximum absolute atomic E-state index is 13.7. The number of nitrogens with one attached hydrogen (secondary N) is 1. The first-order chi connectivity index (χ1) is 13.4.